The minimum atomic E-state index is -0.136. The number of hydrogen-bond donors (Lipinski definition) is 2. The van der Waals surface area contributed by atoms with E-state index in [4.69, 9.17) is 0 Å². The fraction of sp³-hybridized carbons (Fsp3) is 0.520. The molecule has 6 heteroatoms. The number of nitrogens with one attached hydrogen (secondary N) is 2. The number of nitrogens with zero attached hydrogens (tertiary/aromatic N) is 2. The molecule has 0 radical (unpaired) electrons. The first-order valence-electron chi connectivity index (χ1n) is 11.3. The summed E-state index contributed by atoms with van der Waals surface area (Å²) in [6, 6.07) is 8.04. The van der Waals surface area contributed by atoms with Crippen molar-refractivity contribution in [1.82, 2.24) is 20.6 Å². The second-order valence-electron chi connectivity index (χ2n) is 8.30. The van der Waals surface area contributed by atoms with Crippen LogP contribution in [0.3, 0.4) is 0 Å². The van der Waals surface area contributed by atoms with Crippen LogP contribution < -0.4 is 10.6 Å². The summed E-state index contributed by atoms with van der Waals surface area (Å²) in [4.78, 5) is 33.1. The van der Waals surface area contributed by atoms with Gasteiger partial charge in [0.1, 0.15) is 0 Å². The Labute approximate surface area is 186 Å². The average molecular weight is 425 g/mol. The van der Waals surface area contributed by atoms with E-state index >= 15 is 0 Å². The molecule has 2 rings (SSSR count). The van der Waals surface area contributed by atoms with E-state index in [1.165, 1.54) is 11.1 Å². The zero-order valence-corrected chi connectivity index (χ0v) is 19.2. The Bertz CT molecular complexity index is 730. The van der Waals surface area contributed by atoms with Gasteiger partial charge in [-0.3, -0.25) is 19.6 Å². The number of carbonyl (C=O) groups excluding carboxylic acids is 2. The number of carbonyl (C=O) groups is 2. The van der Waals surface area contributed by atoms with E-state index in [0.29, 0.717) is 11.8 Å². The van der Waals surface area contributed by atoms with Crippen LogP contribution in [0.5, 0.6) is 0 Å². The molecule has 0 fully saturated rings. The van der Waals surface area contributed by atoms with E-state index in [0.717, 1.165) is 25.7 Å². The first kappa shape index (κ1) is 24.5. The molecule has 0 aromatic carbocycles. The molecule has 4 atom stereocenters. The van der Waals surface area contributed by atoms with Gasteiger partial charge in [0, 0.05) is 36.6 Å². The maximum atomic E-state index is 12.5. The molecular weight excluding hydrogens is 388 g/mol. The number of amides is 2. The van der Waals surface area contributed by atoms with Crippen LogP contribution in [-0.4, -0.2) is 28.5 Å². The molecule has 2 amide bonds. The van der Waals surface area contributed by atoms with Crippen molar-refractivity contribution < 1.29 is 9.59 Å². The van der Waals surface area contributed by atoms with E-state index in [1.54, 1.807) is 24.8 Å². The number of hydrogen-bond acceptors (Lipinski definition) is 4. The molecule has 2 aromatic heterocycles. The zero-order chi connectivity index (χ0) is 22.6. The molecule has 2 aromatic rings. The van der Waals surface area contributed by atoms with Crippen molar-refractivity contribution in [2.75, 3.05) is 6.67 Å². The Morgan fingerprint density at radius 1 is 0.742 bits per heavy atom. The second kappa shape index (κ2) is 12.8. The maximum absolute atomic E-state index is 12.5. The maximum Gasteiger partial charge on any atom is 0.224 e. The predicted octanol–water partition coefficient (Wildman–Crippen LogP) is 4.41. The van der Waals surface area contributed by atoms with Crippen LogP contribution in [0.4, 0.5) is 0 Å². The third-order valence-corrected chi connectivity index (χ3v) is 6.04. The third kappa shape index (κ3) is 7.78. The quantitative estimate of drug-likeness (QED) is 0.495. The van der Waals surface area contributed by atoms with Crippen LogP contribution in [0.1, 0.15) is 76.3 Å². The normalized spacial score (nSPS) is 14.8. The number of rotatable bonds is 12. The van der Waals surface area contributed by atoms with E-state index in [2.05, 4.69) is 34.4 Å². The van der Waals surface area contributed by atoms with Gasteiger partial charge in [-0.1, -0.05) is 27.7 Å². The summed E-state index contributed by atoms with van der Waals surface area (Å²) in [6.07, 6.45) is 10.6. The molecular formula is C25H36N4O2. The fourth-order valence-corrected chi connectivity index (χ4v) is 3.98. The van der Waals surface area contributed by atoms with Crippen LogP contribution in [0, 0.1) is 11.8 Å². The van der Waals surface area contributed by atoms with Crippen LogP contribution in [0.15, 0.2) is 49.1 Å². The van der Waals surface area contributed by atoms with Crippen molar-refractivity contribution in [2.24, 2.45) is 11.8 Å². The summed E-state index contributed by atoms with van der Waals surface area (Å²) in [5.74, 6) is 0.287. The lowest BCUT2D eigenvalue weighted by molar-refractivity contribution is -0.126. The summed E-state index contributed by atoms with van der Waals surface area (Å²) in [5.41, 5.74) is 2.41. The Balaban J connectivity index is 1.76. The highest BCUT2D eigenvalue weighted by Crippen LogP contribution is 2.27. The van der Waals surface area contributed by atoms with E-state index in [9.17, 15) is 9.59 Å². The molecule has 2 heterocycles. The van der Waals surface area contributed by atoms with Crippen LogP contribution in [0.2, 0.25) is 0 Å². The van der Waals surface area contributed by atoms with Gasteiger partial charge in [-0.15, -0.1) is 0 Å². The standard InChI is InChI=1S/C25H36N4O2/c1-5-20(22-7-11-26-12-8-22)15-18(3)24(30)28-17-29-25(31)19(4)16-21(6-2)23-9-13-27-14-10-23/h7-14,18-21H,5-6,15-17H2,1-4H3,(H,28,30)(H,29,31). The Kier molecular flexibility index (Phi) is 10.1. The summed E-state index contributed by atoms with van der Waals surface area (Å²) in [5, 5.41) is 5.71. The number of pyridine rings is 2. The van der Waals surface area contributed by atoms with Gasteiger partial charge >= 0.3 is 0 Å². The van der Waals surface area contributed by atoms with Gasteiger partial charge in [-0.2, -0.15) is 0 Å². The molecule has 0 aliphatic heterocycles. The van der Waals surface area contributed by atoms with Crippen molar-refractivity contribution in [3.8, 4) is 0 Å². The summed E-state index contributed by atoms with van der Waals surface area (Å²) < 4.78 is 0. The lowest BCUT2D eigenvalue weighted by Gasteiger charge is -2.21. The largest absolute Gasteiger partial charge is 0.338 e. The molecule has 31 heavy (non-hydrogen) atoms. The first-order valence-corrected chi connectivity index (χ1v) is 11.3. The highest BCUT2D eigenvalue weighted by Gasteiger charge is 2.21. The smallest absolute Gasteiger partial charge is 0.224 e. The molecule has 0 aliphatic rings. The average Bonchev–Trinajstić information content (AvgIpc) is 2.81. The minimum Gasteiger partial charge on any atom is -0.338 e. The van der Waals surface area contributed by atoms with E-state index in [-0.39, 0.29) is 30.3 Å². The van der Waals surface area contributed by atoms with Gasteiger partial charge in [0.15, 0.2) is 0 Å². The molecule has 0 spiro atoms. The molecule has 6 nitrogen and oxygen atoms in total. The van der Waals surface area contributed by atoms with Gasteiger partial charge in [0.25, 0.3) is 0 Å². The first-order chi connectivity index (χ1) is 15.0. The lowest BCUT2D eigenvalue weighted by atomic mass is 9.87. The molecule has 0 bridgehead atoms. The monoisotopic (exact) mass is 424 g/mol. The van der Waals surface area contributed by atoms with Gasteiger partial charge in [-0.05, 0) is 72.9 Å². The zero-order valence-electron chi connectivity index (χ0n) is 19.2. The third-order valence-electron chi connectivity index (χ3n) is 6.04. The van der Waals surface area contributed by atoms with Crippen LogP contribution >= 0.6 is 0 Å². The Morgan fingerprint density at radius 3 is 1.42 bits per heavy atom. The molecule has 0 saturated heterocycles. The minimum absolute atomic E-state index is 0.0383. The van der Waals surface area contributed by atoms with Crippen LogP contribution in [0.25, 0.3) is 0 Å². The van der Waals surface area contributed by atoms with Crippen molar-refractivity contribution in [1.29, 1.82) is 0 Å². The second-order valence-corrected chi connectivity index (χ2v) is 8.30. The molecule has 0 aliphatic carbocycles. The summed E-state index contributed by atoms with van der Waals surface area (Å²) in [7, 11) is 0. The lowest BCUT2D eigenvalue weighted by Crippen LogP contribution is -2.41. The summed E-state index contributed by atoms with van der Waals surface area (Å²) >= 11 is 0. The molecule has 0 saturated carbocycles. The van der Waals surface area contributed by atoms with Gasteiger partial charge in [-0.25, -0.2) is 0 Å². The Morgan fingerprint density at radius 2 is 1.10 bits per heavy atom. The van der Waals surface area contributed by atoms with Crippen LogP contribution in [-0.2, 0) is 9.59 Å². The molecule has 2 N–H and O–H groups in total. The summed E-state index contributed by atoms with van der Waals surface area (Å²) in [6.45, 7) is 8.29. The number of aromatic nitrogens is 2. The SMILES string of the molecule is CCC(CC(C)C(=O)NCNC(=O)C(C)CC(CC)c1ccncc1)c1ccncc1. The highest BCUT2D eigenvalue weighted by molar-refractivity contribution is 5.80. The fourth-order valence-electron chi connectivity index (χ4n) is 3.98. The van der Waals surface area contributed by atoms with Crippen molar-refractivity contribution in [3.05, 3.63) is 60.2 Å². The van der Waals surface area contributed by atoms with Crippen molar-refractivity contribution >= 4 is 11.8 Å². The van der Waals surface area contributed by atoms with Gasteiger partial charge in [0.05, 0.1) is 6.67 Å². The predicted molar refractivity (Wildman–Crippen MR) is 123 cm³/mol. The molecule has 168 valence electrons. The topological polar surface area (TPSA) is 84.0 Å². The van der Waals surface area contributed by atoms with Gasteiger partial charge < -0.3 is 10.6 Å². The van der Waals surface area contributed by atoms with Crippen molar-refractivity contribution in [3.63, 3.8) is 0 Å². The van der Waals surface area contributed by atoms with Crippen molar-refractivity contribution in [2.45, 2.75) is 65.2 Å². The highest BCUT2D eigenvalue weighted by atomic mass is 16.2. The Hall–Kier alpha value is -2.76. The van der Waals surface area contributed by atoms with E-state index in [1.807, 2.05) is 38.1 Å². The van der Waals surface area contributed by atoms with E-state index < -0.39 is 0 Å². The van der Waals surface area contributed by atoms with Gasteiger partial charge in [0.2, 0.25) is 11.8 Å². The molecule has 4 unspecified atom stereocenters.